The molecule has 1 atom stereocenters. The fraction of sp³-hybridized carbons (Fsp3) is 0.417. The second kappa shape index (κ2) is 7.52. The predicted octanol–water partition coefficient (Wildman–Crippen LogP) is 4.04. The zero-order valence-electron chi connectivity index (χ0n) is 17.4. The Labute approximate surface area is 175 Å². The lowest BCUT2D eigenvalue weighted by Gasteiger charge is -2.52. The van der Waals surface area contributed by atoms with E-state index in [1.807, 2.05) is 61.2 Å². The summed E-state index contributed by atoms with van der Waals surface area (Å²) in [5, 5.41) is 0.989. The lowest BCUT2D eigenvalue weighted by atomic mass is 9.84. The van der Waals surface area contributed by atoms with Crippen molar-refractivity contribution in [2.75, 3.05) is 19.7 Å². The van der Waals surface area contributed by atoms with Crippen molar-refractivity contribution >= 4 is 16.9 Å². The molecule has 2 aliphatic heterocycles. The van der Waals surface area contributed by atoms with E-state index < -0.39 is 0 Å². The number of nitrogens with zero attached hydrogens (tertiary/aromatic N) is 2. The lowest BCUT2D eigenvalue weighted by molar-refractivity contribution is -0.188. The molecule has 6 heteroatoms. The Morgan fingerprint density at radius 2 is 2.03 bits per heavy atom. The van der Waals surface area contributed by atoms with Gasteiger partial charge in [0.05, 0.1) is 31.5 Å². The van der Waals surface area contributed by atoms with Crippen LogP contribution in [0.15, 0.2) is 46.9 Å². The van der Waals surface area contributed by atoms with Gasteiger partial charge in [-0.3, -0.25) is 9.78 Å². The molecule has 1 amide bonds. The van der Waals surface area contributed by atoms with Crippen molar-refractivity contribution in [3.8, 4) is 0 Å². The molecule has 0 radical (unpaired) electrons. The maximum atomic E-state index is 13.0. The van der Waals surface area contributed by atoms with Gasteiger partial charge in [0.1, 0.15) is 11.2 Å². The van der Waals surface area contributed by atoms with Gasteiger partial charge in [-0.1, -0.05) is 24.3 Å². The number of hydrogen-bond acceptors (Lipinski definition) is 5. The van der Waals surface area contributed by atoms with E-state index in [9.17, 15) is 4.79 Å². The first-order valence-electron chi connectivity index (χ1n) is 10.5. The Morgan fingerprint density at radius 3 is 2.83 bits per heavy atom. The molecule has 1 spiro atoms. The number of hydrogen-bond donors (Lipinski definition) is 0. The van der Waals surface area contributed by atoms with E-state index in [1.165, 1.54) is 0 Å². The topological polar surface area (TPSA) is 64.8 Å². The van der Waals surface area contributed by atoms with Crippen LogP contribution in [0.5, 0.6) is 0 Å². The fourth-order valence-electron chi connectivity index (χ4n) is 4.54. The van der Waals surface area contributed by atoms with Gasteiger partial charge in [-0.15, -0.1) is 0 Å². The number of fused-ring (bicyclic) bond motifs is 1. The van der Waals surface area contributed by atoms with Crippen LogP contribution in [0.4, 0.5) is 0 Å². The number of pyridine rings is 1. The van der Waals surface area contributed by atoms with E-state index in [0.29, 0.717) is 32.1 Å². The summed E-state index contributed by atoms with van der Waals surface area (Å²) in [7, 11) is 0. The molecule has 5 rings (SSSR count). The quantitative estimate of drug-likeness (QED) is 0.654. The summed E-state index contributed by atoms with van der Waals surface area (Å²) in [5.41, 5.74) is 3.28. The van der Waals surface area contributed by atoms with E-state index in [2.05, 4.69) is 4.98 Å². The summed E-state index contributed by atoms with van der Waals surface area (Å²) in [6.07, 6.45) is 1.78. The first-order chi connectivity index (χ1) is 14.5. The van der Waals surface area contributed by atoms with E-state index in [-0.39, 0.29) is 17.6 Å². The fourth-order valence-corrected chi connectivity index (χ4v) is 4.54. The number of likely N-dealkylation sites (tertiary alicyclic amines) is 1. The highest BCUT2D eigenvalue weighted by Crippen LogP contribution is 2.37. The van der Waals surface area contributed by atoms with E-state index in [0.717, 1.165) is 40.8 Å². The highest BCUT2D eigenvalue weighted by Gasteiger charge is 2.50. The molecule has 2 aromatic heterocycles. The number of aromatic nitrogens is 1. The summed E-state index contributed by atoms with van der Waals surface area (Å²) in [6, 6.07) is 13.7. The van der Waals surface area contributed by atoms with Gasteiger partial charge in [-0.2, -0.15) is 0 Å². The average Bonchev–Trinajstić information content (AvgIpc) is 3.07. The largest absolute Gasteiger partial charge is 0.451 e. The Kier molecular flexibility index (Phi) is 4.83. The molecule has 0 bridgehead atoms. The number of aryl methyl sites for hydroxylation is 2. The first kappa shape index (κ1) is 19.3. The van der Waals surface area contributed by atoms with Crippen LogP contribution >= 0.6 is 0 Å². The zero-order valence-corrected chi connectivity index (χ0v) is 17.4. The van der Waals surface area contributed by atoms with Crippen LogP contribution < -0.4 is 0 Å². The van der Waals surface area contributed by atoms with Crippen molar-refractivity contribution in [2.45, 2.75) is 45.0 Å². The Morgan fingerprint density at radius 1 is 1.20 bits per heavy atom. The Bertz CT molecular complexity index is 1080. The average molecular weight is 406 g/mol. The molecular formula is C24H26N2O4. The molecule has 2 aliphatic rings. The van der Waals surface area contributed by atoms with Gasteiger partial charge in [-0.25, -0.2) is 0 Å². The van der Waals surface area contributed by atoms with Crippen molar-refractivity contribution in [1.29, 1.82) is 0 Å². The summed E-state index contributed by atoms with van der Waals surface area (Å²) in [4.78, 5) is 19.3. The molecule has 1 aromatic carbocycles. The number of carbonyl (C=O) groups is 1. The minimum absolute atomic E-state index is 0.0649. The van der Waals surface area contributed by atoms with Gasteiger partial charge >= 0.3 is 0 Å². The minimum Gasteiger partial charge on any atom is -0.451 e. The third-order valence-corrected chi connectivity index (χ3v) is 6.14. The summed E-state index contributed by atoms with van der Waals surface area (Å²) < 4.78 is 18.1. The third kappa shape index (κ3) is 3.50. The molecule has 2 saturated heterocycles. The Balaban J connectivity index is 1.21. The van der Waals surface area contributed by atoms with Crippen LogP contribution in [0, 0.1) is 13.8 Å². The molecule has 2 fully saturated rings. The standard InChI is InChI=1S/C24H26N2O4/c1-16-6-5-7-18(25-16)13-28-19-10-11-29-24(12-19)14-26(15-24)23(27)22-17(2)20-8-3-4-9-21(20)30-22/h3-9,19H,10-15H2,1-2H3/t19-/m1/s1. The van der Waals surface area contributed by atoms with Crippen LogP contribution in [-0.2, 0) is 16.1 Å². The molecule has 30 heavy (non-hydrogen) atoms. The number of ether oxygens (including phenoxy) is 2. The molecular weight excluding hydrogens is 380 g/mol. The molecule has 4 heterocycles. The van der Waals surface area contributed by atoms with E-state index in [4.69, 9.17) is 13.9 Å². The zero-order chi connectivity index (χ0) is 20.7. The van der Waals surface area contributed by atoms with Crippen LogP contribution in [0.2, 0.25) is 0 Å². The van der Waals surface area contributed by atoms with Crippen LogP contribution in [0.3, 0.4) is 0 Å². The highest BCUT2D eigenvalue weighted by molar-refractivity contribution is 5.99. The maximum Gasteiger partial charge on any atom is 0.290 e. The molecule has 6 nitrogen and oxygen atoms in total. The van der Waals surface area contributed by atoms with Crippen molar-refractivity contribution in [2.24, 2.45) is 0 Å². The van der Waals surface area contributed by atoms with Crippen LogP contribution in [0.25, 0.3) is 11.0 Å². The number of carbonyl (C=O) groups excluding carboxylic acids is 1. The smallest absolute Gasteiger partial charge is 0.290 e. The molecule has 0 N–H and O–H groups in total. The third-order valence-electron chi connectivity index (χ3n) is 6.14. The van der Waals surface area contributed by atoms with Crippen molar-refractivity contribution in [1.82, 2.24) is 9.88 Å². The van der Waals surface area contributed by atoms with Crippen molar-refractivity contribution < 1.29 is 18.7 Å². The van der Waals surface area contributed by atoms with Crippen LogP contribution in [0.1, 0.15) is 40.3 Å². The maximum absolute atomic E-state index is 13.0. The Hall–Kier alpha value is -2.70. The van der Waals surface area contributed by atoms with Gasteiger partial charge in [0.15, 0.2) is 5.76 Å². The van der Waals surface area contributed by atoms with Crippen molar-refractivity contribution in [3.63, 3.8) is 0 Å². The summed E-state index contributed by atoms with van der Waals surface area (Å²) >= 11 is 0. The number of rotatable bonds is 4. The van der Waals surface area contributed by atoms with Gasteiger partial charge in [0.2, 0.25) is 0 Å². The van der Waals surface area contributed by atoms with Gasteiger partial charge in [-0.05, 0) is 38.5 Å². The SMILES string of the molecule is Cc1cccc(CO[C@@H]2CCOC3(C2)CN(C(=O)c2oc4ccccc4c2C)C3)n1. The normalized spacial score (nSPS) is 20.5. The molecule has 0 saturated carbocycles. The number of para-hydroxylation sites is 1. The molecule has 0 unspecified atom stereocenters. The van der Waals surface area contributed by atoms with Gasteiger partial charge < -0.3 is 18.8 Å². The van der Waals surface area contributed by atoms with E-state index in [1.54, 1.807) is 0 Å². The molecule has 0 aliphatic carbocycles. The predicted molar refractivity (Wildman–Crippen MR) is 112 cm³/mol. The summed E-state index contributed by atoms with van der Waals surface area (Å²) in [6.45, 7) is 6.22. The highest BCUT2D eigenvalue weighted by atomic mass is 16.5. The van der Waals surface area contributed by atoms with Crippen LogP contribution in [-0.4, -0.2) is 47.2 Å². The number of amides is 1. The molecule has 156 valence electrons. The second-order valence-corrected chi connectivity index (χ2v) is 8.44. The monoisotopic (exact) mass is 406 g/mol. The second-order valence-electron chi connectivity index (χ2n) is 8.44. The number of furan rings is 1. The number of benzene rings is 1. The lowest BCUT2D eigenvalue weighted by Crippen LogP contribution is -2.67. The van der Waals surface area contributed by atoms with Crippen molar-refractivity contribution in [3.05, 3.63) is 65.2 Å². The minimum atomic E-state index is -0.307. The van der Waals surface area contributed by atoms with Gasteiger partial charge in [0, 0.05) is 29.7 Å². The van der Waals surface area contributed by atoms with E-state index >= 15 is 0 Å². The molecule has 3 aromatic rings. The summed E-state index contributed by atoms with van der Waals surface area (Å²) in [5.74, 6) is 0.366. The first-order valence-corrected chi connectivity index (χ1v) is 10.5. The van der Waals surface area contributed by atoms with Gasteiger partial charge in [0.25, 0.3) is 5.91 Å².